The van der Waals surface area contributed by atoms with Crippen molar-refractivity contribution < 1.29 is 13.2 Å². The molecule has 0 saturated carbocycles. The van der Waals surface area contributed by atoms with E-state index in [1.54, 1.807) is 12.1 Å². The first kappa shape index (κ1) is 11.0. The summed E-state index contributed by atoms with van der Waals surface area (Å²) in [4.78, 5) is 0.0343. The maximum atomic E-state index is 11.0. The standard InChI is InChI=1S/C8H12N2O3S/c9-4-5-13-7-2-1-3-8(6-7)14(10,11)12/h1-3,6H,4-5,9H2,(H2,10,11,12). The van der Waals surface area contributed by atoms with Crippen LogP contribution in [-0.4, -0.2) is 21.6 Å². The molecule has 0 aliphatic rings. The van der Waals surface area contributed by atoms with E-state index < -0.39 is 10.0 Å². The lowest BCUT2D eigenvalue weighted by Gasteiger charge is -2.05. The van der Waals surface area contributed by atoms with Crippen LogP contribution < -0.4 is 15.6 Å². The fourth-order valence-electron chi connectivity index (χ4n) is 0.918. The van der Waals surface area contributed by atoms with Crippen molar-refractivity contribution in [2.75, 3.05) is 13.2 Å². The summed E-state index contributed by atoms with van der Waals surface area (Å²) in [5.74, 6) is 0.446. The molecule has 0 fully saturated rings. The van der Waals surface area contributed by atoms with Gasteiger partial charge in [0.1, 0.15) is 12.4 Å². The Hall–Kier alpha value is -1.11. The molecular formula is C8H12N2O3S. The minimum atomic E-state index is -3.66. The average molecular weight is 216 g/mol. The second kappa shape index (κ2) is 4.41. The van der Waals surface area contributed by atoms with E-state index in [-0.39, 0.29) is 4.90 Å². The topological polar surface area (TPSA) is 95.4 Å². The van der Waals surface area contributed by atoms with Gasteiger partial charge in [0, 0.05) is 12.6 Å². The lowest BCUT2D eigenvalue weighted by Crippen LogP contribution is -2.13. The quantitative estimate of drug-likeness (QED) is 0.720. The van der Waals surface area contributed by atoms with Crippen molar-refractivity contribution in [2.24, 2.45) is 10.9 Å². The summed E-state index contributed by atoms with van der Waals surface area (Å²) in [5, 5.41) is 4.95. The molecule has 78 valence electrons. The third kappa shape index (κ3) is 2.99. The Labute approximate surface area is 82.7 Å². The van der Waals surface area contributed by atoms with Crippen LogP contribution in [0.5, 0.6) is 5.75 Å². The Morgan fingerprint density at radius 2 is 2.07 bits per heavy atom. The molecule has 0 aromatic heterocycles. The molecule has 0 atom stereocenters. The summed E-state index contributed by atoms with van der Waals surface area (Å²) >= 11 is 0. The fraction of sp³-hybridized carbons (Fsp3) is 0.250. The second-order valence-electron chi connectivity index (χ2n) is 2.66. The van der Waals surface area contributed by atoms with Crippen molar-refractivity contribution >= 4 is 10.0 Å². The fourth-order valence-corrected chi connectivity index (χ4v) is 1.47. The Morgan fingerprint density at radius 3 is 2.64 bits per heavy atom. The normalized spacial score (nSPS) is 11.3. The molecule has 5 nitrogen and oxygen atoms in total. The molecule has 0 bridgehead atoms. The molecule has 1 aromatic rings. The van der Waals surface area contributed by atoms with Gasteiger partial charge in [-0.2, -0.15) is 0 Å². The van der Waals surface area contributed by atoms with Crippen LogP contribution in [-0.2, 0) is 10.0 Å². The van der Waals surface area contributed by atoms with Crippen LogP contribution in [0.15, 0.2) is 29.2 Å². The molecule has 1 aromatic carbocycles. The van der Waals surface area contributed by atoms with Gasteiger partial charge in [-0.1, -0.05) is 6.07 Å². The maximum Gasteiger partial charge on any atom is 0.238 e. The van der Waals surface area contributed by atoms with Crippen LogP contribution in [0.1, 0.15) is 0 Å². The van der Waals surface area contributed by atoms with E-state index in [0.29, 0.717) is 18.9 Å². The summed E-state index contributed by atoms with van der Waals surface area (Å²) < 4.78 is 27.1. The zero-order valence-electron chi connectivity index (χ0n) is 7.51. The van der Waals surface area contributed by atoms with Crippen LogP contribution in [0.3, 0.4) is 0 Å². The van der Waals surface area contributed by atoms with E-state index in [1.165, 1.54) is 12.1 Å². The largest absolute Gasteiger partial charge is 0.492 e. The van der Waals surface area contributed by atoms with E-state index in [4.69, 9.17) is 15.6 Å². The minimum Gasteiger partial charge on any atom is -0.492 e. The van der Waals surface area contributed by atoms with Gasteiger partial charge in [0.25, 0.3) is 0 Å². The van der Waals surface area contributed by atoms with Gasteiger partial charge < -0.3 is 10.5 Å². The number of primary sulfonamides is 1. The van der Waals surface area contributed by atoms with Crippen molar-refractivity contribution in [3.8, 4) is 5.75 Å². The molecule has 4 N–H and O–H groups in total. The van der Waals surface area contributed by atoms with Crippen LogP contribution in [0.2, 0.25) is 0 Å². The van der Waals surface area contributed by atoms with Gasteiger partial charge in [-0.05, 0) is 12.1 Å². The number of benzene rings is 1. The highest BCUT2D eigenvalue weighted by molar-refractivity contribution is 7.89. The molecular weight excluding hydrogens is 204 g/mol. The minimum absolute atomic E-state index is 0.0343. The SMILES string of the molecule is NCCOc1cccc(S(N)(=O)=O)c1. The lowest BCUT2D eigenvalue weighted by atomic mass is 10.3. The predicted molar refractivity (Wildman–Crippen MR) is 52.4 cm³/mol. The van der Waals surface area contributed by atoms with Gasteiger partial charge in [0.2, 0.25) is 10.0 Å². The molecule has 0 spiro atoms. The molecule has 1 rings (SSSR count). The number of hydrogen-bond acceptors (Lipinski definition) is 4. The van der Waals surface area contributed by atoms with Gasteiger partial charge >= 0.3 is 0 Å². The average Bonchev–Trinajstić information content (AvgIpc) is 2.14. The third-order valence-electron chi connectivity index (χ3n) is 1.52. The predicted octanol–water partition coefficient (Wildman–Crippen LogP) is -0.328. The smallest absolute Gasteiger partial charge is 0.238 e. The van der Waals surface area contributed by atoms with Crippen molar-refractivity contribution in [3.05, 3.63) is 24.3 Å². The van der Waals surface area contributed by atoms with Gasteiger partial charge in [-0.25, -0.2) is 13.6 Å². The van der Waals surface area contributed by atoms with Crippen molar-refractivity contribution in [1.29, 1.82) is 0 Å². The molecule has 0 aliphatic heterocycles. The molecule has 0 unspecified atom stereocenters. The van der Waals surface area contributed by atoms with Crippen LogP contribution in [0.4, 0.5) is 0 Å². The molecule has 0 amide bonds. The summed E-state index contributed by atoms with van der Waals surface area (Å²) in [7, 11) is -3.66. The second-order valence-corrected chi connectivity index (χ2v) is 4.22. The summed E-state index contributed by atoms with van der Waals surface area (Å²) in [6.45, 7) is 0.716. The molecule has 14 heavy (non-hydrogen) atoms. The highest BCUT2D eigenvalue weighted by Crippen LogP contribution is 2.15. The highest BCUT2D eigenvalue weighted by atomic mass is 32.2. The highest BCUT2D eigenvalue weighted by Gasteiger charge is 2.07. The maximum absolute atomic E-state index is 11.0. The molecule has 0 heterocycles. The van der Waals surface area contributed by atoms with Crippen molar-refractivity contribution in [1.82, 2.24) is 0 Å². The summed E-state index contributed by atoms with van der Waals surface area (Å²) in [5.41, 5.74) is 5.23. The van der Waals surface area contributed by atoms with E-state index in [2.05, 4.69) is 0 Å². The Kier molecular flexibility index (Phi) is 3.45. The lowest BCUT2D eigenvalue weighted by molar-refractivity contribution is 0.327. The van der Waals surface area contributed by atoms with E-state index in [1.807, 2.05) is 0 Å². The Bertz CT molecular complexity index is 403. The first-order valence-electron chi connectivity index (χ1n) is 4.00. The van der Waals surface area contributed by atoms with Crippen molar-refractivity contribution in [3.63, 3.8) is 0 Å². The molecule has 0 saturated heterocycles. The number of ether oxygens (including phenoxy) is 1. The molecule has 0 radical (unpaired) electrons. The third-order valence-corrected chi connectivity index (χ3v) is 2.43. The van der Waals surface area contributed by atoms with Gasteiger partial charge in [0.05, 0.1) is 4.90 Å². The van der Waals surface area contributed by atoms with Crippen LogP contribution >= 0.6 is 0 Å². The Balaban J connectivity index is 2.90. The van der Waals surface area contributed by atoms with E-state index in [0.717, 1.165) is 0 Å². The van der Waals surface area contributed by atoms with Gasteiger partial charge in [-0.3, -0.25) is 0 Å². The first-order chi connectivity index (χ1) is 6.54. The number of hydrogen-bond donors (Lipinski definition) is 2. The monoisotopic (exact) mass is 216 g/mol. The van der Waals surface area contributed by atoms with Crippen molar-refractivity contribution in [2.45, 2.75) is 4.90 Å². The molecule has 6 heteroatoms. The van der Waals surface area contributed by atoms with E-state index >= 15 is 0 Å². The number of nitrogens with two attached hydrogens (primary N) is 2. The van der Waals surface area contributed by atoms with Gasteiger partial charge in [0.15, 0.2) is 0 Å². The Morgan fingerprint density at radius 1 is 1.36 bits per heavy atom. The van der Waals surface area contributed by atoms with Gasteiger partial charge in [-0.15, -0.1) is 0 Å². The summed E-state index contributed by atoms with van der Waals surface area (Å²) in [6.07, 6.45) is 0. The first-order valence-corrected chi connectivity index (χ1v) is 5.54. The van der Waals surface area contributed by atoms with Crippen LogP contribution in [0.25, 0.3) is 0 Å². The summed E-state index contributed by atoms with van der Waals surface area (Å²) in [6, 6.07) is 5.98. The zero-order valence-corrected chi connectivity index (χ0v) is 8.33. The number of sulfonamides is 1. The van der Waals surface area contributed by atoms with Crippen LogP contribution in [0, 0.1) is 0 Å². The number of rotatable bonds is 4. The van der Waals surface area contributed by atoms with E-state index in [9.17, 15) is 8.42 Å². The molecule has 0 aliphatic carbocycles. The zero-order chi connectivity index (χ0) is 10.6.